The molecule has 5 heteroatoms. The first-order valence-electron chi connectivity index (χ1n) is 9.27. The molecule has 5 nitrogen and oxygen atoms in total. The molecule has 0 saturated carbocycles. The van der Waals surface area contributed by atoms with Gasteiger partial charge in [0.1, 0.15) is 5.52 Å². The highest BCUT2D eigenvalue weighted by atomic mass is 16.5. The Morgan fingerprint density at radius 3 is 2.50 bits per heavy atom. The van der Waals surface area contributed by atoms with E-state index in [1.165, 1.54) is 0 Å². The first-order chi connectivity index (χ1) is 12.5. The predicted octanol–water partition coefficient (Wildman–Crippen LogP) is 4.83. The maximum atomic E-state index is 5.38. The number of hydrogen-bond acceptors (Lipinski definition) is 4. The van der Waals surface area contributed by atoms with E-state index < -0.39 is 0 Å². The lowest BCUT2D eigenvalue weighted by Gasteiger charge is -2.17. The quantitative estimate of drug-likeness (QED) is 0.637. The normalized spacial score (nSPS) is 12.9. The lowest BCUT2D eigenvalue weighted by molar-refractivity contribution is 0.154. The summed E-state index contributed by atoms with van der Waals surface area (Å²) in [7, 11) is 1.74. The van der Waals surface area contributed by atoms with Crippen LogP contribution in [0.5, 0.6) is 0 Å². The molecule has 1 unspecified atom stereocenters. The molecular formula is C21H28N4O. The van der Waals surface area contributed by atoms with Crippen molar-refractivity contribution < 1.29 is 4.74 Å². The van der Waals surface area contributed by atoms with E-state index in [0.29, 0.717) is 12.5 Å². The molecule has 1 atom stereocenters. The van der Waals surface area contributed by atoms with Crippen molar-refractivity contribution in [1.82, 2.24) is 19.5 Å². The van der Waals surface area contributed by atoms with Gasteiger partial charge in [-0.15, -0.1) is 0 Å². The SMILES string of the molecule is CCC(COC)n1cc(C)c2nc(-c3ccc(C(C)C)nc3)c(C)nc21. The van der Waals surface area contributed by atoms with Gasteiger partial charge in [0.15, 0.2) is 5.65 Å². The number of rotatable bonds is 6. The molecule has 0 aromatic carbocycles. The zero-order valence-corrected chi connectivity index (χ0v) is 16.6. The van der Waals surface area contributed by atoms with Crippen LogP contribution in [0.3, 0.4) is 0 Å². The summed E-state index contributed by atoms with van der Waals surface area (Å²) in [5.74, 6) is 0.418. The number of fused-ring (bicyclic) bond motifs is 1. The third-order valence-electron chi connectivity index (χ3n) is 4.88. The fraction of sp³-hybridized carbons (Fsp3) is 0.476. The van der Waals surface area contributed by atoms with Crippen LogP contribution in [0.4, 0.5) is 0 Å². The summed E-state index contributed by atoms with van der Waals surface area (Å²) in [5.41, 5.74) is 6.94. The molecule has 26 heavy (non-hydrogen) atoms. The largest absolute Gasteiger partial charge is 0.383 e. The summed E-state index contributed by atoms with van der Waals surface area (Å²) >= 11 is 0. The zero-order valence-electron chi connectivity index (χ0n) is 16.6. The highest BCUT2D eigenvalue weighted by molar-refractivity contribution is 5.79. The van der Waals surface area contributed by atoms with E-state index in [9.17, 15) is 0 Å². The van der Waals surface area contributed by atoms with E-state index in [0.717, 1.165) is 45.8 Å². The Morgan fingerprint density at radius 1 is 1.15 bits per heavy atom. The number of hydrogen-bond donors (Lipinski definition) is 0. The summed E-state index contributed by atoms with van der Waals surface area (Å²) in [6, 6.07) is 4.44. The first kappa shape index (κ1) is 18.5. The van der Waals surface area contributed by atoms with E-state index >= 15 is 0 Å². The van der Waals surface area contributed by atoms with Crippen molar-refractivity contribution in [1.29, 1.82) is 0 Å². The highest BCUT2D eigenvalue weighted by Gasteiger charge is 2.18. The molecular weight excluding hydrogens is 324 g/mol. The summed E-state index contributed by atoms with van der Waals surface area (Å²) in [4.78, 5) is 14.4. The molecule has 0 N–H and O–H groups in total. The Kier molecular flexibility index (Phi) is 5.37. The summed E-state index contributed by atoms with van der Waals surface area (Å²) < 4.78 is 7.59. The fourth-order valence-electron chi connectivity index (χ4n) is 3.31. The Balaban J connectivity index is 2.09. The number of ether oxygens (including phenoxy) is 1. The third kappa shape index (κ3) is 3.36. The summed E-state index contributed by atoms with van der Waals surface area (Å²) in [5, 5.41) is 0. The van der Waals surface area contributed by atoms with E-state index in [1.54, 1.807) is 7.11 Å². The van der Waals surface area contributed by atoms with Gasteiger partial charge in [-0.3, -0.25) is 4.98 Å². The lowest BCUT2D eigenvalue weighted by atomic mass is 10.1. The summed E-state index contributed by atoms with van der Waals surface area (Å²) in [6.07, 6.45) is 5.03. The van der Waals surface area contributed by atoms with Gasteiger partial charge in [-0.25, -0.2) is 9.97 Å². The number of methoxy groups -OCH3 is 1. The average molecular weight is 352 g/mol. The molecule has 3 heterocycles. The van der Waals surface area contributed by atoms with Crippen molar-refractivity contribution in [2.75, 3.05) is 13.7 Å². The molecule has 0 fully saturated rings. The molecule has 0 aliphatic rings. The highest BCUT2D eigenvalue weighted by Crippen LogP contribution is 2.28. The Morgan fingerprint density at radius 2 is 1.92 bits per heavy atom. The van der Waals surface area contributed by atoms with E-state index in [-0.39, 0.29) is 6.04 Å². The molecule has 0 aliphatic carbocycles. The van der Waals surface area contributed by atoms with Gasteiger partial charge in [0, 0.05) is 30.8 Å². The van der Waals surface area contributed by atoms with E-state index in [1.807, 2.05) is 13.1 Å². The third-order valence-corrected chi connectivity index (χ3v) is 4.88. The lowest BCUT2D eigenvalue weighted by Crippen LogP contribution is -2.13. The van der Waals surface area contributed by atoms with Crippen molar-refractivity contribution in [2.45, 2.75) is 53.0 Å². The van der Waals surface area contributed by atoms with Gasteiger partial charge in [-0.2, -0.15) is 0 Å². The van der Waals surface area contributed by atoms with Crippen LogP contribution in [-0.4, -0.2) is 33.2 Å². The van der Waals surface area contributed by atoms with Crippen LogP contribution < -0.4 is 0 Å². The van der Waals surface area contributed by atoms with Gasteiger partial charge >= 0.3 is 0 Å². The molecule has 0 radical (unpaired) electrons. The van der Waals surface area contributed by atoms with Crippen LogP contribution in [-0.2, 0) is 4.74 Å². The Hall–Kier alpha value is -2.27. The molecule has 138 valence electrons. The predicted molar refractivity (Wildman–Crippen MR) is 106 cm³/mol. The van der Waals surface area contributed by atoms with Crippen LogP contribution in [0.15, 0.2) is 24.5 Å². The van der Waals surface area contributed by atoms with E-state index in [4.69, 9.17) is 14.7 Å². The van der Waals surface area contributed by atoms with Crippen molar-refractivity contribution in [2.24, 2.45) is 0 Å². The van der Waals surface area contributed by atoms with Gasteiger partial charge in [0.25, 0.3) is 0 Å². The first-order valence-corrected chi connectivity index (χ1v) is 9.27. The second-order valence-electron chi connectivity index (χ2n) is 7.19. The van der Waals surface area contributed by atoms with Crippen molar-refractivity contribution in [3.05, 3.63) is 41.5 Å². The van der Waals surface area contributed by atoms with Crippen LogP contribution in [0.25, 0.3) is 22.4 Å². The van der Waals surface area contributed by atoms with Crippen molar-refractivity contribution >= 4 is 11.2 Å². The molecule has 0 saturated heterocycles. The average Bonchev–Trinajstić information content (AvgIpc) is 2.94. The Bertz CT molecular complexity index is 897. The summed E-state index contributed by atoms with van der Waals surface area (Å²) in [6.45, 7) is 11.2. The van der Waals surface area contributed by atoms with E-state index in [2.05, 4.69) is 55.6 Å². The minimum Gasteiger partial charge on any atom is -0.383 e. The second kappa shape index (κ2) is 7.54. The monoisotopic (exact) mass is 352 g/mol. The Labute approximate surface area is 155 Å². The second-order valence-corrected chi connectivity index (χ2v) is 7.19. The molecule has 0 bridgehead atoms. The molecule has 3 rings (SSSR count). The van der Waals surface area contributed by atoms with Crippen molar-refractivity contribution in [3.8, 4) is 11.3 Å². The maximum absolute atomic E-state index is 5.38. The number of aromatic nitrogens is 4. The maximum Gasteiger partial charge on any atom is 0.159 e. The standard InChI is InChI=1S/C21H28N4O/c1-7-17(12-26-6)25-11-14(4)19-21(25)23-15(5)20(24-19)16-8-9-18(13(2)3)22-10-16/h8-11,13,17H,7,12H2,1-6H3. The molecule has 0 spiro atoms. The molecule has 3 aromatic heterocycles. The van der Waals surface area contributed by atoms with Gasteiger partial charge < -0.3 is 9.30 Å². The van der Waals surface area contributed by atoms with Crippen LogP contribution in [0, 0.1) is 13.8 Å². The van der Waals surface area contributed by atoms with Gasteiger partial charge in [-0.1, -0.05) is 20.8 Å². The minimum atomic E-state index is 0.266. The van der Waals surface area contributed by atoms with Gasteiger partial charge in [-0.05, 0) is 43.9 Å². The van der Waals surface area contributed by atoms with Crippen LogP contribution >= 0.6 is 0 Å². The smallest absolute Gasteiger partial charge is 0.159 e. The number of aryl methyl sites for hydroxylation is 2. The number of pyridine rings is 1. The van der Waals surface area contributed by atoms with Gasteiger partial charge in [0.05, 0.1) is 24.0 Å². The van der Waals surface area contributed by atoms with Crippen LogP contribution in [0.1, 0.15) is 56.1 Å². The van der Waals surface area contributed by atoms with Gasteiger partial charge in [0.2, 0.25) is 0 Å². The topological polar surface area (TPSA) is 52.8 Å². The van der Waals surface area contributed by atoms with Crippen molar-refractivity contribution in [3.63, 3.8) is 0 Å². The zero-order chi connectivity index (χ0) is 18.8. The molecule has 0 aliphatic heterocycles. The fourth-order valence-corrected chi connectivity index (χ4v) is 3.31. The molecule has 3 aromatic rings. The molecule has 0 amide bonds. The minimum absolute atomic E-state index is 0.266. The number of nitrogens with zero attached hydrogens (tertiary/aromatic N) is 4. The van der Waals surface area contributed by atoms with Crippen LogP contribution in [0.2, 0.25) is 0 Å².